The maximum Gasteiger partial charge on any atom is 0.365 e. The summed E-state index contributed by atoms with van der Waals surface area (Å²) in [4.78, 5) is 28.9. The van der Waals surface area contributed by atoms with E-state index in [1.54, 1.807) is 29.0 Å². The first-order valence-corrected chi connectivity index (χ1v) is 12.9. The molecule has 1 saturated heterocycles. The number of nitrogens with zero attached hydrogens (tertiary/aromatic N) is 3. The van der Waals surface area contributed by atoms with E-state index < -0.39 is 10.3 Å². The lowest BCUT2D eigenvalue weighted by atomic mass is 10.2. The number of benzene rings is 3. The van der Waals surface area contributed by atoms with E-state index in [0.29, 0.717) is 21.3 Å². The van der Waals surface area contributed by atoms with Crippen molar-refractivity contribution in [2.75, 3.05) is 16.5 Å². The molecule has 2 aliphatic heterocycles. The fourth-order valence-electron chi connectivity index (χ4n) is 3.75. The van der Waals surface area contributed by atoms with Gasteiger partial charge in [-0.05, 0) is 66.7 Å². The third-order valence-electron chi connectivity index (χ3n) is 5.26. The zero-order chi connectivity index (χ0) is 24.4. The highest BCUT2D eigenvalue weighted by Crippen LogP contribution is 2.59. The molecule has 1 atom stereocenters. The molecular weight excluding hydrogens is 502 g/mol. The van der Waals surface area contributed by atoms with Crippen molar-refractivity contribution < 1.29 is 14.3 Å². The van der Waals surface area contributed by atoms with Crippen molar-refractivity contribution in [1.82, 2.24) is 0 Å². The molecule has 1 fully saturated rings. The zero-order valence-electron chi connectivity index (χ0n) is 18.6. The van der Waals surface area contributed by atoms with E-state index in [1.165, 1.54) is 23.5 Å². The van der Waals surface area contributed by atoms with E-state index in [0.717, 1.165) is 5.56 Å². The number of hydrogen-bond acceptors (Lipinski definition) is 7. The molecule has 3 aromatic rings. The van der Waals surface area contributed by atoms with Crippen LogP contribution in [0.3, 0.4) is 0 Å². The predicted molar refractivity (Wildman–Crippen MR) is 144 cm³/mol. The predicted octanol–water partition coefficient (Wildman–Crippen LogP) is 6.20. The first-order chi connectivity index (χ1) is 17.0. The number of hydrogen-bond donors (Lipinski definition) is 0. The minimum atomic E-state index is -1.12. The van der Waals surface area contributed by atoms with Crippen molar-refractivity contribution in [3.05, 3.63) is 100 Å². The average Bonchev–Trinajstić information content (AvgIpc) is 3.38. The molecule has 5 rings (SSSR count). The van der Waals surface area contributed by atoms with Crippen LogP contribution in [0, 0.1) is 0 Å². The van der Waals surface area contributed by atoms with Crippen LogP contribution in [0.2, 0.25) is 5.02 Å². The molecule has 0 radical (unpaired) electrons. The van der Waals surface area contributed by atoms with Gasteiger partial charge in [0.25, 0.3) is 5.91 Å². The van der Waals surface area contributed by atoms with Gasteiger partial charge in [-0.3, -0.25) is 9.69 Å². The SMILES string of the molecule is CCOC(=O)C1=NN(c2ccc(Cl)cc2)[C@@]2(S1)S/C(=C\c1ccccc1)C(=O)N2c1ccccc1. The van der Waals surface area contributed by atoms with Gasteiger partial charge >= 0.3 is 5.97 Å². The van der Waals surface area contributed by atoms with Gasteiger partial charge in [0, 0.05) is 10.7 Å². The second-order valence-corrected chi connectivity index (χ2v) is 10.6. The van der Waals surface area contributed by atoms with Crippen LogP contribution in [0.4, 0.5) is 11.4 Å². The Balaban J connectivity index is 1.67. The summed E-state index contributed by atoms with van der Waals surface area (Å²) in [6.07, 6.45) is 1.86. The van der Waals surface area contributed by atoms with Gasteiger partial charge in [-0.1, -0.05) is 71.9 Å². The van der Waals surface area contributed by atoms with Gasteiger partial charge < -0.3 is 4.74 Å². The minimum absolute atomic E-state index is 0.170. The fraction of sp³-hybridized carbons (Fsp3) is 0.115. The second-order valence-electron chi connectivity index (χ2n) is 7.56. The van der Waals surface area contributed by atoms with Gasteiger partial charge in [0.1, 0.15) is 0 Å². The molecule has 0 aromatic heterocycles. The van der Waals surface area contributed by atoms with Gasteiger partial charge in [0.05, 0.1) is 17.2 Å². The van der Waals surface area contributed by atoms with Crippen LogP contribution in [0.25, 0.3) is 6.08 Å². The number of carbonyl (C=O) groups is 2. The van der Waals surface area contributed by atoms with E-state index in [2.05, 4.69) is 5.10 Å². The van der Waals surface area contributed by atoms with Gasteiger partial charge in [0.2, 0.25) is 9.37 Å². The van der Waals surface area contributed by atoms with Crippen LogP contribution in [0.1, 0.15) is 12.5 Å². The molecular formula is C26H20ClN3O3S2. The summed E-state index contributed by atoms with van der Waals surface area (Å²) in [5, 5.41) is 7.09. The summed E-state index contributed by atoms with van der Waals surface area (Å²) >= 11 is 8.67. The van der Waals surface area contributed by atoms with E-state index in [9.17, 15) is 9.59 Å². The molecule has 1 amide bonds. The Morgan fingerprint density at radius 1 is 0.971 bits per heavy atom. The van der Waals surface area contributed by atoms with Crippen LogP contribution in [0.15, 0.2) is 94.9 Å². The molecule has 0 N–H and O–H groups in total. The smallest absolute Gasteiger partial charge is 0.365 e. The standard InChI is InChI=1S/C26H20ClN3O3S2/c1-2-33-25(32)23-28-30(21-15-13-19(27)14-16-21)26(35-23)29(20-11-7-4-8-12-20)24(31)22(34-26)17-18-9-5-3-6-10-18/h3-17H,2H2,1H3/b22-17-/t26-/m1/s1. The number of amides is 1. The minimum Gasteiger partial charge on any atom is -0.461 e. The monoisotopic (exact) mass is 521 g/mol. The molecule has 0 bridgehead atoms. The maximum atomic E-state index is 13.9. The summed E-state index contributed by atoms with van der Waals surface area (Å²) < 4.78 is 4.14. The number of thioether (sulfide) groups is 2. The molecule has 0 aliphatic carbocycles. The quantitative estimate of drug-likeness (QED) is 0.294. The first kappa shape index (κ1) is 23.5. The van der Waals surface area contributed by atoms with Gasteiger partial charge in [-0.15, -0.1) is 0 Å². The Bertz CT molecular complexity index is 1320. The molecule has 0 unspecified atom stereocenters. The Morgan fingerprint density at radius 3 is 2.29 bits per heavy atom. The first-order valence-electron chi connectivity index (χ1n) is 10.9. The largest absolute Gasteiger partial charge is 0.461 e. The summed E-state index contributed by atoms with van der Waals surface area (Å²) in [7, 11) is 0. The molecule has 6 nitrogen and oxygen atoms in total. The maximum absolute atomic E-state index is 13.9. The Kier molecular flexibility index (Phi) is 6.60. The number of carbonyl (C=O) groups excluding carboxylic acids is 2. The van der Waals surface area contributed by atoms with Crippen molar-refractivity contribution in [2.24, 2.45) is 5.10 Å². The summed E-state index contributed by atoms with van der Waals surface area (Å²) in [5.41, 5.74) is 2.28. The molecule has 9 heteroatoms. The van der Waals surface area contributed by atoms with Crippen LogP contribution in [0.5, 0.6) is 0 Å². The van der Waals surface area contributed by atoms with Gasteiger partial charge in [-0.2, -0.15) is 5.10 Å². The van der Waals surface area contributed by atoms with E-state index >= 15 is 0 Å². The lowest BCUT2D eigenvalue weighted by Gasteiger charge is -2.38. The van der Waals surface area contributed by atoms with Crippen molar-refractivity contribution in [1.29, 1.82) is 0 Å². The van der Waals surface area contributed by atoms with Crippen molar-refractivity contribution >= 4 is 69.5 Å². The highest BCUT2D eigenvalue weighted by Gasteiger charge is 2.60. The number of hydrazone groups is 1. The van der Waals surface area contributed by atoms with Gasteiger partial charge in [0.15, 0.2) is 0 Å². The number of ether oxygens (including phenoxy) is 1. The number of esters is 1. The topological polar surface area (TPSA) is 62.2 Å². The van der Waals surface area contributed by atoms with Crippen LogP contribution >= 0.6 is 35.1 Å². The van der Waals surface area contributed by atoms with Crippen LogP contribution < -0.4 is 9.91 Å². The molecule has 176 valence electrons. The molecule has 2 heterocycles. The van der Waals surface area contributed by atoms with E-state index in [-0.39, 0.29) is 17.6 Å². The Morgan fingerprint density at radius 2 is 1.63 bits per heavy atom. The third kappa shape index (κ3) is 4.45. The normalized spacial score (nSPS) is 20.6. The number of anilines is 2. The highest BCUT2D eigenvalue weighted by atomic mass is 35.5. The van der Waals surface area contributed by atoms with Crippen molar-refractivity contribution in [2.45, 2.75) is 11.3 Å². The molecule has 0 saturated carbocycles. The second kappa shape index (κ2) is 9.81. The fourth-order valence-corrected chi connectivity index (χ4v) is 6.75. The van der Waals surface area contributed by atoms with Crippen molar-refractivity contribution in [3.63, 3.8) is 0 Å². The molecule has 3 aromatic carbocycles. The Hall–Kier alpha value is -3.20. The third-order valence-corrected chi connectivity index (χ3v) is 8.21. The van der Waals surface area contributed by atoms with Crippen LogP contribution in [-0.4, -0.2) is 27.9 Å². The lowest BCUT2D eigenvalue weighted by molar-refractivity contribution is -0.134. The lowest BCUT2D eigenvalue weighted by Crippen LogP contribution is -2.51. The zero-order valence-corrected chi connectivity index (χ0v) is 21.0. The summed E-state index contributed by atoms with van der Waals surface area (Å²) in [5.74, 6) is -0.716. The Labute approximate surface area is 216 Å². The van der Waals surface area contributed by atoms with Gasteiger partial charge in [-0.25, -0.2) is 9.80 Å². The average molecular weight is 522 g/mol. The number of para-hydroxylation sites is 1. The molecule has 1 spiro atoms. The summed E-state index contributed by atoms with van der Waals surface area (Å²) in [6.45, 7) is 1.97. The van der Waals surface area contributed by atoms with Crippen molar-refractivity contribution in [3.8, 4) is 0 Å². The highest BCUT2D eigenvalue weighted by molar-refractivity contribution is 8.29. The molecule has 2 aliphatic rings. The van der Waals surface area contributed by atoms with Crippen LogP contribution in [-0.2, 0) is 14.3 Å². The summed E-state index contributed by atoms with van der Waals surface area (Å²) in [6, 6.07) is 26.2. The van der Waals surface area contributed by atoms with E-state index in [4.69, 9.17) is 16.3 Å². The number of rotatable bonds is 5. The molecule has 35 heavy (non-hydrogen) atoms. The number of halogens is 1. The van der Waals surface area contributed by atoms with E-state index in [1.807, 2.05) is 78.9 Å².